The van der Waals surface area contributed by atoms with Gasteiger partial charge in [0, 0.05) is 36.8 Å². The van der Waals surface area contributed by atoms with Crippen LogP contribution in [0.5, 0.6) is 0 Å². The molecule has 0 bridgehead atoms. The van der Waals surface area contributed by atoms with Gasteiger partial charge >= 0.3 is 5.97 Å². The Bertz CT molecular complexity index is 2240. The lowest BCUT2D eigenvalue weighted by Gasteiger charge is -2.26. The molecule has 11 N–H and O–H groups in total. The Morgan fingerprint density at radius 1 is 0.479 bits per heavy atom. The largest absolute Gasteiger partial charge is 0.480 e. The number of carboxylic acid groups (broad SMARTS) is 1. The van der Waals surface area contributed by atoms with Gasteiger partial charge in [-0.2, -0.15) is 0 Å². The minimum Gasteiger partial charge on any atom is -0.480 e. The molecule has 398 valence electrons. The number of ketones is 1. The first kappa shape index (κ1) is 60.4. The zero-order chi connectivity index (χ0) is 53.7. The number of aliphatic hydroxyl groups is 1. The van der Waals surface area contributed by atoms with Gasteiger partial charge in [-0.3, -0.25) is 38.4 Å². The maximum absolute atomic E-state index is 13.3. The number of aliphatic hydroxyl groups excluding tert-OH is 1. The Morgan fingerprint density at radius 2 is 0.904 bits per heavy atom. The first-order valence-corrected chi connectivity index (χ1v) is 25.6. The van der Waals surface area contributed by atoms with E-state index in [0.717, 1.165) is 69.8 Å². The molecule has 3 rings (SSSR count). The van der Waals surface area contributed by atoms with Gasteiger partial charge in [0.15, 0.2) is 5.78 Å². The molecule has 0 aliphatic carbocycles. The molecule has 18 nitrogen and oxygen atoms in total. The molecule has 18 heteroatoms. The Morgan fingerprint density at radius 3 is 1.38 bits per heavy atom. The van der Waals surface area contributed by atoms with Crippen molar-refractivity contribution in [1.82, 2.24) is 26.6 Å². The van der Waals surface area contributed by atoms with Crippen LogP contribution in [-0.2, 0) is 51.2 Å². The Labute approximate surface area is 429 Å². The van der Waals surface area contributed by atoms with Gasteiger partial charge in [0.1, 0.15) is 30.2 Å². The van der Waals surface area contributed by atoms with Crippen molar-refractivity contribution in [2.75, 3.05) is 0 Å². The smallest absolute Gasteiger partial charge is 0.326 e. The molecule has 0 saturated heterocycles. The van der Waals surface area contributed by atoms with Crippen molar-refractivity contribution < 1.29 is 53.4 Å². The number of hydrogen-bond donors (Lipinski definition) is 9. The quantitative estimate of drug-likeness (QED) is 0.0289. The summed E-state index contributed by atoms with van der Waals surface area (Å²) in [5.41, 5.74) is 13.2. The lowest BCUT2D eigenvalue weighted by Crippen LogP contribution is -2.59. The number of amides is 7. The van der Waals surface area contributed by atoms with Crippen molar-refractivity contribution in [2.45, 2.75) is 173 Å². The van der Waals surface area contributed by atoms with Crippen LogP contribution in [0, 0.1) is 5.92 Å². The van der Waals surface area contributed by atoms with Crippen molar-refractivity contribution in [3.63, 3.8) is 0 Å². The number of hydrogen-bond acceptors (Lipinski definition) is 10. The third-order valence-corrected chi connectivity index (χ3v) is 12.3. The van der Waals surface area contributed by atoms with E-state index in [4.69, 9.17) is 11.5 Å². The number of rotatable bonds is 36. The molecule has 0 saturated carbocycles. The van der Waals surface area contributed by atoms with Crippen LogP contribution in [0.1, 0.15) is 151 Å². The highest BCUT2D eigenvalue weighted by atomic mass is 16.4. The first-order chi connectivity index (χ1) is 34.8. The second-order valence-corrected chi connectivity index (χ2v) is 19.2. The van der Waals surface area contributed by atoms with Gasteiger partial charge in [-0.25, -0.2) is 4.79 Å². The number of nitrogens with two attached hydrogens (primary N) is 2. The summed E-state index contributed by atoms with van der Waals surface area (Å²) in [4.78, 5) is 114. The van der Waals surface area contributed by atoms with Crippen molar-refractivity contribution in [1.29, 1.82) is 0 Å². The van der Waals surface area contributed by atoms with Crippen LogP contribution >= 0.6 is 0 Å². The first-order valence-electron chi connectivity index (χ1n) is 25.6. The Balaban J connectivity index is 1.28. The number of carbonyl (C=O) groups is 9. The van der Waals surface area contributed by atoms with Gasteiger partial charge in [-0.1, -0.05) is 163 Å². The van der Waals surface area contributed by atoms with Gasteiger partial charge < -0.3 is 48.3 Å². The van der Waals surface area contributed by atoms with Gasteiger partial charge in [0.25, 0.3) is 0 Å². The van der Waals surface area contributed by atoms with E-state index in [1.807, 2.05) is 44.2 Å². The van der Waals surface area contributed by atoms with Crippen molar-refractivity contribution >= 4 is 53.1 Å². The molecule has 73 heavy (non-hydrogen) atoms. The molecule has 0 aromatic heterocycles. The molecule has 3 aromatic carbocycles. The van der Waals surface area contributed by atoms with E-state index in [1.54, 1.807) is 54.6 Å². The SMILES string of the molecule is CC(C)C[C@H](NC(=O)[C@@H](NC(=O)CCCCCCCCCCCCCCC(=O)N[C@@H](CC(N)=O)C(=O)N[C@@H](Cc1ccc(C(=O)c2ccccc2)cc1)C(=O)O)C(C)O)C(=O)N[C@@H](Cc1ccccc1)C(N)=O. The average molecular weight is 1010 g/mol. The maximum Gasteiger partial charge on any atom is 0.326 e. The van der Waals surface area contributed by atoms with Crippen LogP contribution in [0.15, 0.2) is 84.9 Å². The molecular weight excluding hydrogens is 935 g/mol. The summed E-state index contributed by atoms with van der Waals surface area (Å²) in [6, 6.07) is 18.1. The summed E-state index contributed by atoms with van der Waals surface area (Å²) in [5.74, 6) is -6.07. The lowest BCUT2D eigenvalue weighted by atomic mass is 9.99. The molecule has 0 aliphatic rings. The van der Waals surface area contributed by atoms with Crippen LogP contribution < -0.4 is 38.1 Å². The van der Waals surface area contributed by atoms with E-state index in [-0.39, 0.29) is 49.7 Å². The zero-order valence-electron chi connectivity index (χ0n) is 42.6. The predicted molar refractivity (Wildman–Crippen MR) is 276 cm³/mol. The highest BCUT2D eigenvalue weighted by Crippen LogP contribution is 2.16. The van der Waals surface area contributed by atoms with E-state index < -0.39 is 84.1 Å². The number of unbranched alkanes of at least 4 members (excludes halogenated alkanes) is 11. The second-order valence-electron chi connectivity index (χ2n) is 19.2. The fraction of sp³-hybridized carbons (Fsp3) is 0.509. The zero-order valence-corrected chi connectivity index (χ0v) is 42.6. The fourth-order valence-electron chi connectivity index (χ4n) is 8.23. The average Bonchev–Trinajstić information content (AvgIpc) is 3.34. The molecule has 6 atom stereocenters. The molecule has 0 aliphatic heterocycles. The van der Waals surface area contributed by atoms with Crippen molar-refractivity contribution in [2.24, 2.45) is 17.4 Å². The Hall–Kier alpha value is -6.95. The number of aliphatic carboxylic acids is 1. The summed E-state index contributed by atoms with van der Waals surface area (Å²) < 4.78 is 0. The minimum atomic E-state index is -1.38. The summed E-state index contributed by atoms with van der Waals surface area (Å²) in [6.45, 7) is 5.14. The number of carboxylic acids is 1. The Kier molecular flexibility index (Phi) is 27.2. The van der Waals surface area contributed by atoms with Gasteiger partial charge in [0.2, 0.25) is 41.4 Å². The summed E-state index contributed by atoms with van der Waals surface area (Å²) in [7, 11) is 0. The number of benzene rings is 3. The number of nitrogens with one attached hydrogen (secondary N) is 5. The van der Waals surface area contributed by atoms with Crippen LogP contribution in [0.25, 0.3) is 0 Å². The third kappa shape index (κ3) is 23.9. The van der Waals surface area contributed by atoms with Crippen LogP contribution in [0.4, 0.5) is 0 Å². The maximum atomic E-state index is 13.3. The second kappa shape index (κ2) is 32.9. The van der Waals surface area contributed by atoms with Crippen LogP contribution in [-0.4, -0.2) is 99.6 Å². The van der Waals surface area contributed by atoms with E-state index in [9.17, 15) is 53.4 Å². The van der Waals surface area contributed by atoms with E-state index >= 15 is 0 Å². The van der Waals surface area contributed by atoms with E-state index in [2.05, 4.69) is 26.6 Å². The molecule has 0 spiro atoms. The molecular formula is C55H77N7O11. The molecule has 1 unspecified atom stereocenters. The highest BCUT2D eigenvalue weighted by molar-refractivity contribution is 6.09. The normalized spacial score (nSPS) is 13.5. The van der Waals surface area contributed by atoms with E-state index in [1.165, 1.54) is 6.92 Å². The lowest BCUT2D eigenvalue weighted by molar-refractivity contribution is -0.142. The summed E-state index contributed by atoms with van der Waals surface area (Å²) in [6.07, 6.45) is 9.71. The standard InChI is InChI=1S/C55H77N7O11/c1-36(2)32-43(52(69)59-42(51(57)68)33-38-22-16-14-17-23-38)60-54(71)49(37(3)63)62-48(66)27-21-13-11-9-7-5-4-6-8-10-12-20-26-47(65)58-44(35-46(56)64)53(70)61-45(55(72)73)34-39-28-30-41(31-29-39)50(67)40-24-18-15-19-25-40/h14-19,22-25,28-31,36-37,42-45,49,63H,4-13,20-21,26-27,32-35H2,1-3H3,(H2,56,64)(H2,57,68)(H,58,65)(H,59,69)(H,60,71)(H,61,70)(H,62,66)(H,72,73)/t37?,42-,43-,44-,45-,49-/m0/s1. The van der Waals surface area contributed by atoms with E-state index in [0.29, 0.717) is 29.5 Å². The summed E-state index contributed by atoms with van der Waals surface area (Å²) >= 11 is 0. The van der Waals surface area contributed by atoms with Gasteiger partial charge in [-0.15, -0.1) is 0 Å². The third-order valence-electron chi connectivity index (χ3n) is 12.3. The van der Waals surface area contributed by atoms with Crippen LogP contribution in [0.3, 0.4) is 0 Å². The predicted octanol–water partition coefficient (Wildman–Crippen LogP) is 4.46. The van der Waals surface area contributed by atoms with Gasteiger partial charge in [-0.05, 0) is 43.2 Å². The van der Waals surface area contributed by atoms with Crippen LogP contribution in [0.2, 0.25) is 0 Å². The van der Waals surface area contributed by atoms with Gasteiger partial charge in [0.05, 0.1) is 12.5 Å². The van der Waals surface area contributed by atoms with Crippen molar-refractivity contribution in [3.8, 4) is 0 Å². The van der Waals surface area contributed by atoms with Crippen molar-refractivity contribution in [3.05, 3.63) is 107 Å². The molecule has 0 radical (unpaired) electrons. The monoisotopic (exact) mass is 1010 g/mol. The fourth-order valence-corrected chi connectivity index (χ4v) is 8.23. The molecule has 0 fully saturated rings. The number of primary amides is 2. The summed E-state index contributed by atoms with van der Waals surface area (Å²) in [5, 5.41) is 33.2. The topological polar surface area (TPSA) is 306 Å². The number of carbonyl (C=O) groups excluding carboxylic acids is 8. The molecule has 7 amide bonds. The highest BCUT2D eigenvalue weighted by Gasteiger charge is 2.32. The molecule has 3 aromatic rings. The molecule has 0 heterocycles. The minimum absolute atomic E-state index is 0.0117.